The summed E-state index contributed by atoms with van der Waals surface area (Å²) >= 11 is 0. The van der Waals surface area contributed by atoms with Gasteiger partial charge in [0.2, 0.25) is 0 Å². The molecule has 1 aliphatic heterocycles. The van der Waals surface area contributed by atoms with Gasteiger partial charge in [0, 0.05) is 6.54 Å². The zero-order valence-electron chi connectivity index (χ0n) is 8.20. The van der Waals surface area contributed by atoms with E-state index in [-0.39, 0.29) is 5.92 Å². The summed E-state index contributed by atoms with van der Waals surface area (Å²) in [5.74, 6) is -0.615. The fourth-order valence-corrected chi connectivity index (χ4v) is 2.72. The molecule has 1 saturated carbocycles. The Morgan fingerprint density at radius 1 is 1.43 bits per heavy atom. The highest BCUT2D eigenvalue weighted by Gasteiger charge is 2.44. The summed E-state index contributed by atoms with van der Waals surface area (Å²) in [4.78, 5) is 10.8. The quantitative estimate of drug-likeness (QED) is 0.570. The maximum absolute atomic E-state index is 10.8. The standard InChI is InChI=1S/C10H17NO3/c12-9(13)8-5-7-3-1-2-4-10(7,14)6-11-8/h7-8,11,14H,1-6H2,(H,12,13). The van der Waals surface area contributed by atoms with Crippen LogP contribution in [0.2, 0.25) is 0 Å². The second-order valence-corrected chi connectivity index (χ2v) is 4.55. The number of carbonyl (C=O) groups is 1. The minimum absolute atomic E-state index is 0.179. The van der Waals surface area contributed by atoms with Crippen LogP contribution in [0.15, 0.2) is 0 Å². The predicted molar refractivity (Wildman–Crippen MR) is 51.0 cm³/mol. The zero-order chi connectivity index (χ0) is 10.2. The van der Waals surface area contributed by atoms with Gasteiger partial charge in [0.05, 0.1) is 5.60 Å². The number of carboxylic acid groups (broad SMARTS) is 1. The van der Waals surface area contributed by atoms with E-state index in [9.17, 15) is 9.90 Å². The molecule has 2 aliphatic rings. The second kappa shape index (κ2) is 3.51. The molecule has 0 radical (unpaired) electrons. The first-order chi connectivity index (χ1) is 6.62. The lowest BCUT2D eigenvalue weighted by Crippen LogP contribution is -2.59. The lowest BCUT2D eigenvalue weighted by Gasteiger charge is -2.45. The van der Waals surface area contributed by atoms with Gasteiger partial charge in [-0.15, -0.1) is 0 Å². The van der Waals surface area contributed by atoms with Crippen molar-refractivity contribution in [2.45, 2.75) is 43.7 Å². The molecule has 2 fully saturated rings. The molecule has 3 atom stereocenters. The molecule has 0 spiro atoms. The average molecular weight is 199 g/mol. The van der Waals surface area contributed by atoms with Crippen molar-refractivity contribution in [1.29, 1.82) is 0 Å². The molecule has 0 bridgehead atoms. The fraction of sp³-hybridized carbons (Fsp3) is 0.900. The van der Waals surface area contributed by atoms with Crippen LogP contribution < -0.4 is 5.32 Å². The van der Waals surface area contributed by atoms with Crippen molar-refractivity contribution < 1.29 is 15.0 Å². The number of aliphatic hydroxyl groups is 1. The molecule has 0 amide bonds. The highest BCUT2D eigenvalue weighted by Crippen LogP contribution is 2.38. The number of piperidine rings is 1. The Balaban J connectivity index is 2.05. The molecular formula is C10H17NO3. The van der Waals surface area contributed by atoms with Crippen LogP contribution in [0.5, 0.6) is 0 Å². The van der Waals surface area contributed by atoms with Crippen molar-refractivity contribution in [2.75, 3.05) is 6.54 Å². The molecule has 2 rings (SSSR count). The number of aliphatic carboxylic acids is 1. The Labute approximate surface area is 83.3 Å². The van der Waals surface area contributed by atoms with Gasteiger partial charge in [-0.1, -0.05) is 12.8 Å². The maximum atomic E-state index is 10.8. The van der Waals surface area contributed by atoms with Crippen molar-refractivity contribution in [3.05, 3.63) is 0 Å². The predicted octanol–water partition coefficient (Wildman–Crippen LogP) is 0.354. The Hall–Kier alpha value is -0.610. The minimum atomic E-state index is -0.794. The Morgan fingerprint density at radius 3 is 2.93 bits per heavy atom. The molecule has 0 aromatic rings. The van der Waals surface area contributed by atoms with Gasteiger partial charge in [-0.3, -0.25) is 4.79 Å². The number of β-amino-alcohol motifs (C(OH)–C–C–N with tert-alkyl or cyclic N) is 1. The number of rotatable bonds is 1. The average Bonchev–Trinajstić information content (AvgIpc) is 2.16. The molecule has 3 N–H and O–H groups in total. The number of hydrogen-bond acceptors (Lipinski definition) is 3. The number of hydrogen-bond donors (Lipinski definition) is 3. The first-order valence-electron chi connectivity index (χ1n) is 5.30. The van der Waals surface area contributed by atoms with Gasteiger partial charge >= 0.3 is 5.97 Å². The van der Waals surface area contributed by atoms with E-state index in [1.807, 2.05) is 0 Å². The first-order valence-corrected chi connectivity index (χ1v) is 5.30. The van der Waals surface area contributed by atoms with Crippen molar-refractivity contribution >= 4 is 5.97 Å². The molecule has 0 aromatic heterocycles. The molecule has 4 heteroatoms. The summed E-state index contributed by atoms with van der Waals surface area (Å²) in [5, 5.41) is 22.0. The van der Waals surface area contributed by atoms with Gasteiger partial charge in [0.1, 0.15) is 6.04 Å². The van der Waals surface area contributed by atoms with Gasteiger partial charge in [-0.05, 0) is 25.2 Å². The molecule has 1 heterocycles. The molecule has 0 aromatic carbocycles. The lowest BCUT2D eigenvalue weighted by atomic mass is 9.70. The van der Waals surface area contributed by atoms with Crippen LogP contribution in [0.25, 0.3) is 0 Å². The molecule has 80 valence electrons. The van der Waals surface area contributed by atoms with Crippen LogP contribution in [0.3, 0.4) is 0 Å². The van der Waals surface area contributed by atoms with E-state index in [1.165, 1.54) is 0 Å². The van der Waals surface area contributed by atoms with E-state index in [4.69, 9.17) is 5.11 Å². The third-order valence-corrected chi connectivity index (χ3v) is 3.65. The number of fused-ring (bicyclic) bond motifs is 1. The zero-order valence-corrected chi connectivity index (χ0v) is 8.20. The molecule has 4 nitrogen and oxygen atoms in total. The smallest absolute Gasteiger partial charge is 0.320 e. The van der Waals surface area contributed by atoms with Crippen LogP contribution in [0.4, 0.5) is 0 Å². The SMILES string of the molecule is O=C(O)C1CC2CCCCC2(O)CN1. The van der Waals surface area contributed by atoms with Crippen LogP contribution in [-0.4, -0.2) is 34.4 Å². The van der Waals surface area contributed by atoms with Gasteiger partial charge in [0.15, 0.2) is 0 Å². The largest absolute Gasteiger partial charge is 0.480 e. The summed E-state index contributed by atoms with van der Waals surface area (Å²) in [6, 6.07) is -0.460. The van der Waals surface area contributed by atoms with Crippen molar-refractivity contribution in [1.82, 2.24) is 5.32 Å². The normalized spacial score (nSPS) is 42.9. The summed E-state index contributed by atoms with van der Waals surface area (Å²) in [5.41, 5.74) is -0.635. The van der Waals surface area contributed by atoms with Crippen molar-refractivity contribution in [3.63, 3.8) is 0 Å². The van der Waals surface area contributed by atoms with Gasteiger partial charge in [-0.2, -0.15) is 0 Å². The van der Waals surface area contributed by atoms with E-state index in [2.05, 4.69) is 5.32 Å². The summed E-state index contributed by atoms with van der Waals surface area (Å²) in [6.45, 7) is 0.439. The van der Waals surface area contributed by atoms with Crippen molar-refractivity contribution in [2.24, 2.45) is 5.92 Å². The molecule has 3 unspecified atom stereocenters. The second-order valence-electron chi connectivity index (χ2n) is 4.55. The van der Waals surface area contributed by atoms with Crippen molar-refractivity contribution in [3.8, 4) is 0 Å². The lowest BCUT2D eigenvalue weighted by molar-refractivity contribution is -0.144. The summed E-state index contributed by atoms with van der Waals surface area (Å²) < 4.78 is 0. The van der Waals surface area contributed by atoms with Crippen LogP contribution in [0, 0.1) is 5.92 Å². The Bertz CT molecular complexity index is 244. The Kier molecular flexibility index (Phi) is 2.49. The summed E-state index contributed by atoms with van der Waals surface area (Å²) in [6.07, 6.45) is 4.55. The third-order valence-electron chi connectivity index (χ3n) is 3.65. The van der Waals surface area contributed by atoms with Crippen LogP contribution in [-0.2, 0) is 4.79 Å². The first kappa shape index (κ1) is 9.93. The van der Waals surface area contributed by atoms with Gasteiger partial charge < -0.3 is 15.5 Å². The summed E-state index contributed by atoms with van der Waals surface area (Å²) in [7, 11) is 0. The fourth-order valence-electron chi connectivity index (χ4n) is 2.72. The van der Waals surface area contributed by atoms with E-state index in [0.29, 0.717) is 13.0 Å². The number of carboxylic acids is 1. The minimum Gasteiger partial charge on any atom is -0.480 e. The monoisotopic (exact) mass is 199 g/mol. The maximum Gasteiger partial charge on any atom is 0.320 e. The Morgan fingerprint density at radius 2 is 2.21 bits per heavy atom. The van der Waals surface area contributed by atoms with E-state index < -0.39 is 17.6 Å². The topological polar surface area (TPSA) is 69.6 Å². The molecule has 14 heavy (non-hydrogen) atoms. The molecule has 1 aliphatic carbocycles. The van der Waals surface area contributed by atoms with Gasteiger partial charge in [0.25, 0.3) is 0 Å². The van der Waals surface area contributed by atoms with Crippen LogP contribution in [0.1, 0.15) is 32.1 Å². The van der Waals surface area contributed by atoms with Gasteiger partial charge in [-0.25, -0.2) is 0 Å². The molecular weight excluding hydrogens is 182 g/mol. The van der Waals surface area contributed by atoms with E-state index in [1.54, 1.807) is 0 Å². The highest BCUT2D eigenvalue weighted by atomic mass is 16.4. The number of nitrogens with one attached hydrogen (secondary N) is 1. The third kappa shape index (κ3) is 1.64. The molecule has 1 saturated heterocycles. The van der Waals surface area contributed by atoms with E-state index in [0.717, 1.165) is 25.7 Å². The van der Waals surface area contributed by atoms with Crippen LogP contribution >= 0.6 is 0 Å². The van der Waals surface area contributed by atoms with E-state index >= 15 is 0 Å². The highest BCUT2D eigenvalue weighted by molar-refractivity contribution is 5.73.